The van der Waals surface area contributed by atoms with E-state index in [0.29, 0.717) is 0 Å². The summed E-state index contributed by atoms with van der Waals surface area (Å²) in [5.74, 6) is 0.0961. The summed E-state index contributed by atoms with van der Waals surface area (Å²) in [5, 5.41) is 0. The zero-order valence-corrected chi connectivity index (χ0v) is 12.9. The molecule has 0 aliphatic rings. The van der Waals surface area contributed by atoms with Gasteiger partial charge in [-0.15, -0.1) is 0 Å². The molecule has 0 aromatic rings. The van der Waals surface area contributed by atoms with Gasteiger partial charge in [-0.05, 0) is 25.1 Å². The minimum Gasteiger partial charge on any atom is -0.315 e. The third-order valence-electron chi connectivity index (χ3n) is 2.77. The maximum absolute atomic E-state index is 11.7. The van der Waals surface area contributed by atoms with Crippen LogP contribution in [-0.2, 0) is 14.0 Å². The number of hydrogen-bond donors (Lipinski definition) is 0. The predicted molar refractivity (Wildman–Crippen MR) is 71.6 cm³/mol. The van der Waals surface area contributed by atoms with Crippen molar-refractivity contribution in [2.24, 2.45) is 0 Å². The van der Waals surface area contributed by atoms with Crippen LogP contribution >= 0.6 is 0 Å². The van der Waals surface area contributed by atoms with Crippen molar-refractivity contribution in [3.05, 3.63) is 0 Å². The van der Waals surface area contributed by atoms with Crippen LogP contribution in [0.2, 0.25) is 18.1 Å². The molecule has 0 spiro atoms. The van der Waals surface area contributed by atoms with Crippen molar-refractivity contribution < 1.29 is 12.3 Å². The molecule has 0 N–H and O–H groups in total. The van der Waals surface area contributed by atoms with Crippen molar-refractivity contribution >= 4 is 18.4 Å². The average molecular weight is 266 g/mol. The van der Waals surface area contributed by atoms with Gasteiger partial charge in [-0.1, -0.05) is 40.0 Å². The van der Waals surface area contributed by atoms with E-state index in [0.717, 1.165) is 37.4 Å². The summed E-state index contributed by atoms with van der Waals surface area (Å²) in [6.07, 6.45) is 3.06. The molecule has 0 bridgehead atoms. The maximum Gasteiger partial charge on any atom is 0.257 e. The fourth-order valence-corrected chi connectivity index (χ4v) is 9.30. The summed E-state index contributed by atoms with van der Waals surface area (Å²) < 4.78 is 28.9. The first kappa shape index (κ1) is 16.1. The van der Waals surface area contributed by atoms with Crippen LogP contribution in [0.4, 0.5) is 0 Å². The van der Waals surface area contributed by atoms with Crippen molar-refractivity contribution in [2.75, 3.05) is 5.75 Å². The first-order chi connectivity index (χ1) is 7.45. The Kier molecular flexibility index (Phi) is 7.51. The molecule has 5 heteroatoms. The van der Waals surface area contributed by atoms with Gasteiger partial charge < -0.3 is 3.87 Å². The zero-order chi connectivity index (χ0) is 12.7. The maximum atomic E-state index is 11.7. The van der Waals surface area contributed by atoms with E-state index < -0.39 is 18.4 Å². The average Bonchev–Trinajstić information content (AvgIpc) is 2.18. The SMILES string of the molecule is CCC[Si](CCC)(CCC)OS(=O)(=O)CC. The zero-order valence-electron chi connectivity index (χ0n) is 11.1. The molecule has 0 heterocycles. The lowest BCUT2D eigenvalue weighted by Crippen LogP contribution is -2.40. The standard InChI is InChI=1S/C11H26O3SSi/c1-5-9-16(10-6-2,11-7-3)14-15(12,13)8-4/h5-11H2,1-4H3. The summed E-state index contributed by atoms with van der Waals surface area (Å²) in [5.41, 5.74) is 0. The summed E-state index contributed by atoms with van der Waals surface area (Å²) in [6, 6.07) is 2.90. The fraction of sp³-hybridized carbons (Fsp3) is 1.00. The van der Waals surface area contributed by atoms with Crippen LogP contribution in [0.25, 0.3) is 0 Å². The van der Waals surface area contributed by atoms with Gasteiger partial charge in [-0.2, -0.15) is 0 Å². The molecule has 0 fully saturated rings. The lowest BCUT2D eigenvalue weighted by Gasteiger charge is -2.29. The molecule has 0 saturated carbocycles. The lowest BCUT2D eigenvalue weighted by molar-refractivity contribution is 0.470. The second kappa shape index (κ2) is 7.45. The van der Waals surface area contributed by atoms with Gasteiger partial charge in [-0.25, -0.2) is 8.42 Å². The molecule has 0 aliphatic heterocycles. The monoisotopic (exact) mass is 266 g/mol. The van der Waals surface area contributed by atoms with E-state index in [4.69, 9.17) is 3.87 Å². The van der Waals surface area contributed by atoms with Crippen LogP contribution in [0.5, 0.6) is 0 Å². The largest absolute Gasteiger partial charge is 0.315 e. The lowest BCUT2D eigenvalue weighted by atomic mass is 10.6. The van der Waals surface area contributed by atoms with Crippen molar-refractivity contribution in [3.63, 3.8) is 0 Å². The molecule has 0 aromatic heterocycles. The molecule has 0 radical (unpaired) electrons. The number of rotatable bonds is 9. The molecule has 0 saturated heterocycles. The Hall–Kier alpha value is 0.127. The van der Waals surface area contributed by atoms with Crippen molar-refractivity contribution in [1.29, 1.82) is 0 Å². The molecule has 0 aliphatic carbocycles. The van der Waals surface area contributed by atoms with E-state index in [-0.39, 0.29) is 5.75 Å². The Morgan fingerprint density at radius 1 is 0.875 bits per heavy atom. The van der Waals surface area contributed by atoms with Crippen LogP contribution in [0.3, 0.4) is 0 Å². The van der Waals surface area contributed by atoms with Crippen molar-refractivity contribution in [1.82, 2.24) is 0 Å². The van der Waals surface area contributed by atoms with Crippen molar-refractivity contribution in [2.45, 2.75) is 65.1 Å². The van der Waals surface area contributed by atoms with Gasteiger partial charge in [0, 0.05) is 0 Å². The highest BCUT2D eigenvalue weighted by atomic mass is 32.2. The van der Waals surface area contributed by atoms with E-state index in [2.05, 4.69) is 20.8 Å². The Morgan fingerprint density at radius 2 is 1.25 bits per heavy atom. The molecular formula is C11H26O3SSi. The Bertz CT molecular complexity index is 258. The summed E-state index contributed by atoms with van der Waals surface area (Å²) in [4.78, 5) is 0. The molecule has 16 heavy (non-hydrogen) atoms. The van der Waals surface area contributed by atoms with E-state index in [1.165, 1.54) is 0 Å². The van der Waals surface area contributed by atoms with E-state index in [9.17, 15) is 8.42 Å². The molecule has 98 valence electrons. The van der Waals surface area contributed by atoms with Gasteiger partial charge in [0.1, 0.15) is 0 Å². The summed E-state index contributed by atoms with van der Waals surface area (Å²) >= 11 is 0. The van der Waals surface area contributed by atoms with Gasteiger partial charge in [-0.3, -0.25) is 0 Å². The molecule has 0 atom stereocenters. The van der Waals surface area contributed by atoms with Crippen LogP contribution in [-0.4, -0.2) is 22.5 Å². The topological polar surface area (TPSA) is 43.4 Å². The fourth-order valence-electron chi connectivity index (χ4n) is 2.20. The number of hydrogen-bond acceptors (Lipinski definition) is 3. The third kappa shape index (κ3) is 5.45. The summed E-state index contributed by atoms with van der Waals surface area (Å²) in [7, 11) is -5.32. The van der Waals surface area contributed by atoms with E-state index in [1.54, 1.807) is 6.92 Å². The molecule has 0 rings (SSSR count). The molecule has 0 amide bonds. The Morgan fingerprint density at radius 3 is 1.50 bits per heavy atom. The van der Waals surface area contributed by atoms with Gasteiger partial charge >= 0.3 is 0 Å². The third-order valence-corrected chi connectivity index (χ3v) is 10.1. The quantitative estimate of drug-likeness (QED) is 0.600. The van der Waals surface area contributed by atoms with Gasteiger partial charge in [0.05, 0.1) is 5.75 Å². The van der Waals surface area contributed by atoms with Crippen LogP contribution in [0.1, 0.15) is 47.0 Å². The van der Waals surface area contributed by atoms with Crippen molar-refractivity contribution in [3.8, 4) is 0 Å². The molecule has 0 aromatic carbocycles. The van der Waals surface area contributed by atoms with E-state index >= 15 is 0 Å². The smallest absolute Gasteiger partial charge is 0.257 e. The van der Waals surface area contributed by atoms with Gasteiger partial charge in [0.25, 0.3) is 10.1 Å². The molecular weight excluding hydrogens is 240 g/mol. The van der Waals surface area contributed by atoms with Gasteiger partial charge in [0.15, 0.2) is 0 Å². The highest BCUT2D eigenvalue weighted by Crippen LogP contribution is 2.29. The highest BCUT2D eigenvalue weighted by Gasteiger charge is 2.36. The normalized spacial score (nSPS) is 13.0. The second-order valence-electron chi connectivity index (χ2n) is 4.36. The predicted octanol–water partition coefficient (Wildman–Crippen LogP) is 3.53. The van der Waals surface area contributed by atoms with Gasteiger partial charge in [0.2, 0.25) is 8.32 Å². The van der Waals surface area contributed by atoms with Crippen LogP contribution in [0.15, 0.2) is 0 Å². The van der Waals surface area contributed by atoms with Crippen LogP contribution in [0, 0.1) is 0 Å². The first-order valence-electron chi connectivity index (χ1n) is 6.38. The summed E-state index contributed by atoms with van der Waals surface area (Å²) in [6.45, 7) is 7.97. The Balaban J connectivity index is 4.85. The highest BCUT2D eigenvalue weighted by molar-refractivity contribution is 7.87. The van der Waals surface area contributed by atoms with E-state index in [1.807, 2.05) is 0 Å². The molecule has 0 unspecified atom stereocenters. The first-order valence-corrected chi connectivity index (χ1v) is 10.5. The molecule has 3 nitrogen and oxygen atoms in total. The minimum absolute atomic E-state index is 0.0961. The van der Waals surface area contributed by atoms with Crippen LogP contribution < -0.4 is 0 Å². The second-order valence-corrected chi connectivity index (χ2v) is 10.6. The minimum atomic E-state index is -3.28. The Labute approximate surface area is 102 Å².